The molecule has 18 heavy (non-hydrogen) atoms. The van der Waals surface area contributed by atoms with Crippen molar-refractivity contribution >= 4 is 10.9 Å². The summed E-state index contributed by atoms with van der Waals surface area (Å²) in [5.41, 5.74) is 2.49. The molecule has 0 radical (unpaired) electrons. The molecule has 3 atom stereocenters. The fourth-order valence-corrected chi connectivity index (χ4v) is 2.84. The van der Waals surface area contributed by atoms with E-state index in [1.165, 1.54) is 17.4 Å². The average Bonchev–Trinajstić information content (AvgIpc) is 3.12. The molecule has 3 rings (SSSR count). The maximum atomic E-state index is 4.38. The third-order valence-electron chi connectivity index (χ3n) is 4.01. The zero-order valence-corrected chi connectivity index (χ0v) is 11.1. The summed E-state index contributed by atoms with van der Waals surface area (Å²) in [5, 5.41) is 4.88. The topological polar surface area (TPSA) is 24.9 Å². The third-order valence-corrected chi connectivity index (χ3v) is 4.01. The zero-order chi connectivity index (χ0) is 12.5. The summed E-state index contributed by atoms with van der Waals surface area (Å²) in [6.45, 7) is 5.55. The van der Waals surface area contributed by atoms with Gasteiger partial charge < -0.3 is 5.32 Å². The smallest absolute Gasteiger partial charge is 0.0702 e. The molecule has 1 heterocycles. The molecule has 2 aromatic rings. The van der Waals surface area contributed by atoms with Crippen LogP contribution in [0, 0.1) is 11.8 Å². The van der Waals surface area contributed by atoms with E-state index in [4.69, 9.17) is 0 Å². The molecule has 0 aliphatic heterocycles. The molecule has 1 aliphatic rings. The van der Waals surface area contributed by atoms with Gasteiger partial charge in [0, 0.05) is 17.6 Å². The SMILES string of the molecule is CCNC(c1ccc2ncccc2c1)C1CC1C. The van der Waals surface area contributed by atoms with Gasteiger partial charge in [-0.3, -0.25) is 4.98 Å². The summed E-state index contributed by atoms with van der Waals surface area (Å²) in [5.74, 6) is 1.66. The minimum Gasteiger partial charge on any atom is -0.310 e. The Bertz CT molecular complexity index is 550. The summed E-state index contributed by atoms with van der Waals surface area (Å²) in [7, 11) is 0. The van der Waals surface area contributed by atoms with Crippen LogP contribution >= 0.6 is 0 Å². The average molecular weight is 240 g/mol. The number of aromatic nitrogens is 1. The first kappa shape index (κ1) is 11.7. The van der Waals surface area contributed by atoms with Crippen LogP contribution < -0.4 is 5.32 Å². The number of benzene rings is 1. The van der Waals surface area contributed by atoms with Crippen LogP contribution in [-0.4, -0.2) is 11.5 Å². The van der Waals surface area contributed by atoms with E-state index in [2.05, 4.69) is 48.4 Å². The van der Waals surface area contributed by atoms with E-state index in [1.54, 1.807) is 0 Å². The third kappa shape index (κ3) is 2.13. The molecule has 0 amide bonds. The van der Waals surface area contributed by atoms with Crippen LogP contribution in [0.2, 0.25) is 0 Å². The molecule has 94 valence electrons. The second-order valence-electron chi connectivity index (χ2n) is 5.37. The van der Waals surface area contributed by atoms with Gasteiger partial charge in [-0.15, -0.1) is 0 Å². The lowest BCUT2D eigenvalue weighted by molar-refractivity contribution is 0.476. The van der Waals surface area contributed by atoms with Crippen molar-refractivity contribution in [3.63, 3.8) is 0 Å². The molecule has 3 unspecified atom stereocenters. The number of nitrogens with zero attached hydrogens (tertiary/aromatic N) is 1. The number of fused-ring (bicyclic) bond motifs is 1. The number of nitrogens with one attached hydrogen (secondary N) is 1. The highest BCUT2D eigenvalue weighted by molar-refractivity contribution is 5.79. The summed E-state index contributed by atoms with van der Waals surface area (Å²) in [6.07, 6.45) is 3.20. The highest BCUT2D eigenvalue weighted by Crippen LogP contribution is 2.47. The number of rotatable bonds is 4. The van der Waals surface area contributed by atoms with Crippen LogP contribution in [0.5, 0.6) is 0 Å². The lowest BCUT2D eigenvalue weighted by atomic mass is 9.99. The fourth-order valence-electron chi connectivity index (χ4n) is 2.84. The Balaban J connectivity index is 1.95. The van der Waals surface area contributed by atoms with E-state index >= 15 is 0 Å². The largest absolute Gasteiger partial charge is 0.310 e. The van der Waals surface area contributed by atoms with Gasteiger partial charge in [-0.2, -0.15) is 0 Å². The van der Waals surface area contributed by atoms with Gasteiger partial charge in [0.05, 0.1) is 5.52 Å². The van der Waals surface area contributed by atoms with Gasteiger partial charge in [-0.05, 0) is 48.6 Å². The minimum absolute atomic E-state index is 0.509. The number of pyridine rings is 1. The Morgan fingerprint density at radius 2 is 2.22 bits per heavy atom. The molecule has 1 saturated carbocycles. The Morgan fingerprint density at radius 3 is 2.94 bits per heavy atom. The second kappa shape index (κ2) is 4.69. The first-order valence-corrected chi connectivity index (χ1v) is 6.87. The maximum Gasteiger partial charge on any atom is 0.0702 e. The van der Waals surface area contributed by atoms with Crippen LogP contribution in [0.1, 0.15) is 31.9 Å². The van der Waals surface area contributed by atoms with E-state index in [0.717, 1.165) is 23.9 Å². The molecule has 1 N–H and O–H groups in total. The van der Waals surface area contributed by atoms with Gasteiger partial charge in [0.25, 0.3) is 0 Å². The summed E-state index contributed by atoms with van der Waals surface area (Å²) in [6, 6.07) is 11.3. The number of hydrogen-bond donors (Lipinski definition) is 1. The van der Waals surface area contributed by atoms with Gasteiger partial charge in [-0.1, -0.05) is 26.0 Å². The fraction of sp³-hybridized carbons (Fsp3) is 0.438. The lowest BCUT2D eigenvalue weighted by Crippen LogP contribution is -2.23. The number of hydrogen-bond acceptors (Lipinski definition) is 2. The van der Waals surface area contributed by atoms with Gasteiger partial charge in [0.1, 0.15) is 0 Å². The van der Waals surface area contributed by atoms with Crippen molar-refractivity contribution in [1.29, 1.82) is 0 Å². The zero-order valence-electron chi connectivity index (χ0n) is 11.1. The van der Waals surface area contributed by atoms with Crippen LogP contribution in [0.25, 0.3) is 10.9 Å². The predicted octanol–water partition coefficient (Wildman–Crippen LogP) is 3.54. The normalized spacial score (nSPS) is 24.1. The van der Waals surface area contributed by atoms with E-state index in [1.807, 2.05) is 12.3 Å². The molecular formula is C16H20N2. The summed E-state index contributed by atoms with van der Waals surface area (Å²) >= 11 is 0. The molecule has 1 aliphatic carbocycles. The highest BCUT2D eigenvalue weighted by Gasteiger charge is 2.39. The van der Waals surface area contributed by atoms with Gasteiger partial charge >= 0.3 is 0 Å². The van der Waals surface area contributed by atoms with Crippen molar-refractivity contribution in [2.45, 2.75) is 26.3 Å². The molecule has 0 spiro atoms. The van der Waals surface area contributed by atoms with Crippen LogP contribution in [0.4, 0.5) is 0 Å². The Labute approximate surface area is 108 Å². The lowest BCUT2D eigenvalue weighted by Gasteiger charge is -2.18. The standard InChI is InChI=1S/C16H20N2/c1-3-17-16(14-9-11(14)2)13-6-7-15-12(10-13)5-4-8-18-15/h4-8,10-11,14,16-17H,3,9H2,1-2H3. The monoisotopic (exact) mass is 240 g/mol. The molecule has 1 aromatic heterocycles. The first-order valence-electron chi connectivity index (χ1n) is 6.87. The van der Waals surface area contributed by atoms with Crippen LogP contribution in [-0.2, 0) is 0 Å². The van der Waals surface area contributed by atoms with E-state index in [-0.39, 0.29) is 0 Å². The summed E-state index contributed by atoms with van der Waals surface area (Å²) in [4.78, 5) is 4.38. The van der Waals surface area contributed by atoms with Crippen molar-refractivity contribution in [2.24, 2.45) is 11.8 Å². The first-order chi connectivity index (χ1) is 8.79. The molecule has 0 bridgehead atoms. The predicted molar refractivity (Wildman–Crippen MR) is 75.4 cm³/mol. The quantitative estimate of drug-likeness (QED) is 0.884. The van der Waals surface area contributed by atoms with Crippen molar-refractivity contribution in [3.8, 4) is 0 Å². The van der Waals surface area contributed by atoms with Gasteiger partial charge in [0.15, 0.2) is 0 Å². The molecule has 2 nitrogen and oxygen atoms in total. The van der Waals surface area contributed by atoms with Crippen LogP contribution in [0.15, 0.2) is 36.5 Å². The minimum atomic E-state index is 0.509. The van der Waals surface area contributed by atoms with Crippen molar-refractivity contribution in [2.75, 3.05) is 6.54 Å². The van der Waals surface area contributed by atoms with Crippen molar-refractivity contribution < 1.29 is 0 Å². The van der Waals surface area contributed by atoms with Crippen molar-refractivity contribution in [3.05, 3.63) is 42.1 Å². The Morgan fingerprint density at radius 1 is 1.39 bits per heavy atom. The van der Waals surface area contributed by atoms with E-state index < -0.39 is 0 Å². The van der Waals surface area contributed by atoms with Crippen molar-refractivity contribution in [1.82, 2.24) is 10.3 Å². The Kier molecular flexibility index (Phi) is 3.04. The highest BCUT2D eigenvalue weighted by atomic mass is 14.9. The summed E-state index contributed by atoms with van der Waals surface area (Å²) < 4.78 is 0. The maximum absolute atomic E-state index is 4.38. The second-order valence-corrected chi connectivity index (χ2v) is 5.37. The molecular weight excluding hydrogens is 220 g/mol. The van der Waals surface area contributed by atoms with E-state index in [9.17, 15) is 0 Å². The Hall–Kier alpha value is -1.41. The van der Waals surface area contributed by atoms with Gasteiger partial charge in [0.2, 0.25) is 0 Å². The van der Waals surface area contributed by atoms with Gasteiger partial charge in [-0.25, -0.2) is 0 Å². The molecule has 1 aromatic carbocycles. The van der Waals surface area contributed by atoms with Crippen LogP contribution in [0.3, 0.4) is 0 Å². The van der Waals surface area contributed by atoms with E-state index in [0.29, 0.717) is 6.04 Å². The molecule has 2 heteroatoms. The molecule has 1 fully saturated rings. The molecule has 0 saturated heterocycles.